The van der Waals surface area contributed by atoms with E-state index in [1.165, 1.54) is 12.1 Å². The van der Waals surface area contributed by atoms with Crippen molar-refractivity contribution in [1.82, 2.24) is 5.32 Å². The molecule has 0 aliphatic rings. The van der Waals surface area contributed by atoms with E-state index in [1.807, 2.05) is 5.32 Å². The normalized spacial score (nSPS) is 12.7. The molecule has 0 spiro atoms. The van der Waals surface area contributed by atoms with Gasteiger partial charge >= 0.3 is 5.97 Å². The van der Waals surface area contributed by atoms with Gasteiger partial charge in [0.25, 0.3) is 0 Å². The number of carbonyl (C=O) groups excluding carboxylic acids is 1. The molecule has 1 unspecified atom stereocenters. The molecular weight excluding hydrogens is 369 g/mol. The van der Waals surface area contributed by atoms with Gasteiger partial charge in [0.15, 0.2) is 9.84 Å². The molecule has 1 aromatic carbocycles. The third-order valence-electron chi connectivity index (χ3n) is 2.50. The highest BCUT2D eigenvalue weighted by Crippen LogP contribution is 2.22. The maximum atomic E-state index is 13.3. The summed E-state index contributed by atoms with van der Waals surface area (Å²) < 4.78 is 37.3. The van der Waals surface area contributed by atoms with Crippen molar-refractivity contribution in [3.8, 4) is 0 Å². The molecule has 21 heavy (non-hydrogen) atoms. The third kappa shape index (κ3) is 5.43. The van der Waals surface area contributed by atoms with Crippen LogP contribution in [0.5, 0.6) is 0 Å². The number of aliphatic carboxylic acids is 1. The molecule has 0 saturated carbocycles. The van der Waals surface area contributed by atoms with Gasteiger partial charge < -0.3 is 10.4 Å². The van der Waals surface area contributed by atoms with Crippen molar-refractivity contribution in [3.05, 3.63) is 34.1 Å². The minimum Gasteiger partial charge on any atom is -0.480 e. The van der Waals surface area contributed by atoms with Crippen LogP contribution >= 0.6 is 15.9 Å². The van der Waals surface area contributed by atoms with E-state index in [9.17, 15) is 22.4 Å². The standard InChI is InChI=1S/C12H13BrFNO5S/c1-7(16)15-10(12(17)18)6-21(19,20)5-8-3-2-4-9(14)11(8)13/h2-4,10H,5-6H2,1H3,(H,15,16)(H,17,18). The molecule has 9 heteroatoms. The van der Waals surface area contributed by atoms with Crippen molar-refractivity contribution < 1.29 is 27.5 Å². The van der Waals surface area contributed by atoms with Crippen molar-refractivity contribution in [2.75, 3.05) is 5.75 Å². The van der Waals surface area contributed by atoms with Gasteiger partial charge in [-0.05, 0) is 27.6 Å². The van der Waals surface area contributed by atoms with Crippen molar-refractivity contribution in [2.45, 2.75) is 18.7 Å². The Bertz CT molecular complexity index is 662. The van der Waals surface area contributed by atoms with E-state index < -0.39 is 45.1 Å². The molecule has 2 N–H and O–H groups in total. The van der Waals surface area contributed by atoms with Crippen LogP contribution in [0, 0.1) is 5.82 Å². The predicted molar refractivity (Wildman–Crippen MR) is 76.8 cm³/mol. The van der Waals surface area contributed by atoms with Gasteiger partial charge in [-0.15, -0.1) is 0 Å². The number of halogens is 2. The van der Waals surface area contributed by atoms with Crippen LogP contribution in [0.25, 0.3) is 0 Å². The summed E-state index contributed by atoms with van der Waals surface area (Å²) in [5.41, 5.74) is 0.182. The summed E-state index contributed by atoms with van der Waals surface area (Å²) in [4.78, 5) is 21.8. The van der Waals surface area contributed by atoms with Gasteiger partial charge in [0.1, 0.15) is 11.9 Å². The van der Waals surface area contributed by atoms with Crippen LogP contribution in [-0.2, 0) is 25.2 Å². The average molecular weight is 382 g/mol. The summed E-state index contributed by atoms with van der Waals surface area (Å²) in [5.74, 6) is -4.02. The lowest BCUT2D eigenvalue weighted by Crippen LogP contribution is -2.44. The number of carbonyl (C=O) groups is 2. The van der Waals surface area contributed by atoms with E-state index >= 15 is 0 Å². The van der Waals surface area contributed by atoms with Gasteiger partial charge in [0, 0.05) is 6.92 Å². The van der Waals surface area contributed by atoms with Crippen LogP contribution in [0.4, 0.5) is 4.39 Å². The Morgan fingerprint density at radius 2 is 2.05 bits per heavy atom. The third-order valence-corrected chi connectivity index (χ3v) is 4.98. The summed E-state index contributed by atoms with van der Waals surface area (Å²) in [5, 5.41) is 10.9. The predicted octanol–water partition coefficient (Wildman–Crippen LogP) is 1.09. The molecule has 0 radical (unpaired) electrons. The Labute approximate surface area is 129 Å². The smallest absolute Gasteiger partial charge is 0.327 e. The molecule has 116 valence electrons. The number of carboxylic acid groups (broad SMARTS) is 1. The van der Waals surface area contributed by atoms with Gasteiger partial charge in [-0.3, -0.25) is 4.79 Å². The van der Waals surface area contributed by atoms with E-state index in [0.717, 1.165) is 13.0 Å². The molecule has 0 saturated heterocycles. The highest BCUT2D eigenvalue weighted by Gasteiger charge is 2.26. The molecule has 1 aromatic rings. The Hall–Kier alpha value is -1.48. The second-order valence-corrected chi connectivity index (χ2v) is 7.26. The molecule has 1 rings (SSSR count). The summed E-state index contributed by atoms with van der Waals surface area (Å²) in [6.45, 7) is 1.09. The van der Waals surface area contributed by atoms with Crippen molar-refractivity contribution in [2.24, 2.45) is 0 Å². The Kier molecular flexibility index (Phi) is 5.85. The van der Waals surface area contributed by atoms with Crippen LogP contribution in [0.3, 0.4) is 0 Å². The summed E-state index contributed by atoms with van der Waals surface area (Å²) in [6.07, 6.45) is 0. The zero-order valence-corrected chi connectivity index (χ0v) is 13.4. The minimum absolute atomic E-state index is 0.0139. The lowest BCUT2D eigenvalue weighted by molar-refractivity contribution is -0.140. The number of carboxylic acids is 1. The van der Waals surface area contributed by atoms with Gasteiger partial charge in [0.05, 0.1) is 16.0 Å². The maximum Gasteiger partial charge on any atom is 0.327 e. The summed E-state index contributed by atoms with van der Waals surface area (Å²) in [7, 11) is -3.86. The van der Waals surface area contributed by atoms with Gasteiger partial charge in [-0.1, -0.05) is 12.1 Å². The Balaban J connectivity index is 2.93. The second kappa shape index (κ2) is 6.99. The molecule has 0 aliphatic heterocycles. The molecule has 0 bridgehead atoms. The number of benzene rings is 1. The fourth-order valence-corrected chi connectivity index (χ4v) is 3.79. The molecular formula is C12H13BrFNO5S. The van der Waals surface area contributed by atoms with Gasteiger partial charge in [-0.25, -0.2) is 17.6 Å². The number of nitrogens with one attached hydrogen (secondary N) is 1. The lowest BCUT2D eigenvalue weighted by Gasteiger charge is -2.14. The van der Waals surface area contributed by atoms with E-state index in [-0.39, 0.29) is 10.0 Å². The molecule has 0 aromatic heterocycles. The van der Waals surface area contributed by atoms with Crippen molar-refractivity contribution in [1.29, 1.82) is 0 Å². The van der Waals surface area contributed by atoms with Gasteiger partial charge in [-0.2, -0.15) is 0 Å². The molecule has 1 atom stereocenters. The first-order valence-electron chi connectivity index (χ1n) is 5.75. The summed E-state index contributed by atoms with van der Waals surface area (Å²) in [6, 6.07) is 2.39. The van der Waals surface area contributed by atoms with Crippen LogP contribution in [-0.4, -0.2) is 37.2 Å². The van der Waals surface area contributed by atoms with Crippen LogP contribution in [0.15, 0.2) is 22.7 Å². The molecule has 1 amide bonds. The largest absolute Gasteiger partial charge is 0.480 e. The van der Waals surface area contributed by atoms with E-state index in [2.05, 4.69) is 15.9 Å². The minimum atomic E-state index is -3.86. The average Bonchev–Trinajstić information content (AvgIpc) is 2.33. The highest BCUT2D eigenvalue weighted by molar-refractivity contribution is 9.10. The monoisotopic (exact) mass is 381 g/mol. The van der Waals surface area contributed by atoms with Crippen molar-refractivity contribution >= 4 is 37.6 Å². The van der Waals surface area contributed by atoms with E-state index in [1.54, 1.807) is 0 Å². The Morgan fingerprint density at radius 3 is 2.57 bits per heavy atom. The fraction of sp³-hybridized carbons (Fsp3) is 0.333. The molecule has 0 aliphatic carbocycles. The molecule has 0 fully saturated rings. The first kappa shape index (κ1) is 17.6. The van der Waals surface area contributed by atoms with Crippen LogP contribution in [0.2, 0.25) is 0 Å². The Morgan fingerprint density at radius 1 is 1.43 bits per heavy atom. The zero-order chi connectivity index (χ0) is 16.2. The topological polar surface area (TPSA) is 101 Å². The van der Waals surface area contributed by atoms with E-state index in [0.29, 0.717) is 0 Å². The first-order valence-corrected chi connectivity index (χ1v) is 8.37. The van der Waals surface area contributed by atoms with Gasteiger partial charge in [0.2, 0.25) is 5.91 Å². The van der Waals surface area contributed by atoms with Crippen LogP contribution < -0.4 is 5.32 Å². The van der Waals surface area contributed by atoms with E-state index in [4.69, 9.17) is 5.11 Å². The fourth-order valence-electron chi connectivity index (χ4n) is 1.63. The first-order chi connectivity index (χ1) is 9.62. The lowest BCUT2D eigenvalue weighted by atomic mass is 10.2. The number of sulfone groups is 1. The second-order valence-electron chi connectivity index (χ2n) is 4.36. The quantitative estimate of drug-likeness (QED) is 0.767. The zero-order valence-electron chi connectivity index (χ0n) is 11.0. The number of amides is 1. The highest BCUT2D eigenvalue weighted by atomic mass is 79.9. The van der Waals surface area contributed by atoms with Crippen molar-refractivity contribution in [3.63, 3.8) is 0 Å². The molecule has 0 heterocycles. The maximum absolute atomic E-state index is 13.3. The van der Waals surface area contributed by atoms with Crippen LogP contribution in [0.1, 0.15) is 12.5 Å². The number of hydrogen-bond donors (Lipinski definition) is 2. The summed E-state index contributed by atoms with van der Waals surface area (Å²) >= 11 is 2.94. The molecule has 6 nitrogen and oxygen atoms in total. The number of rotatable bonds is 6. The SMILES string of the molecule is CC(=O)NC(CS(=O)(=O)Cc1cccc(F)c1Br)C(=O)O. The number of hydrogen-bond acceptors (Lipinski definition) is 4.